The van der Waals surface area contributed by atoms with Crippen molar-refractivity contribution in [3.63, 3.8) is 0 Å². The molecule has 0 spiro atoms. The Labute approximate surface area is 112 Å². The second-order valence-electron chi connectivity index (χ2n) is 4.30. The molecule has 5 nitrogen and oxygen atoms in total. The molecule has 0 saturated heterocycles. The lowest BCUT2D eigenvalue weighted by Crippen LogP contribution is -2.14. The van der Waals surface area contributed by atoms with E-state index < -0.39 is 5.97 Å². The van der Waals surface area contributed by atoms with Crippen molar-refractivity contribution in [2.75, 3.05) is 32.5 Å². The Morgan fingerprint density at radius 3 is 2.78 bits per heavy atom. The van der Waals surface area contributed by atoms with Crippen LogP contribution in [0.5, 0.6) is 0 Å². The summed E-state index contributed by atoms with van der Waals surface area (Å²) in [6, 6.07) is 1.40. The van der Waals surface area contributed by atoms with Crippen molar-refractivity contribution in [1.29, 1.82) is 0 Å². The van der Waals surface area contributed by atoms with Crippen LogP contribution in [-0.4, -0.2) is 48.1 Å². The average Bonchev–Trinajstić information content (AvgIpc) is 2.29. The first-order chi connectivity index (χ1) is 8.50. The Balaban J connectivity index is 2.41. The lowest BCUT2D eigenvalue weighted by atomic mass is 10.2. The Hall–Kier alpha value is -1.33. The smallest absolute Gasteiger partial charge is 0.337 e. The molecule has 0 aliphatic rings. The highest BCUT2D eigenvalue weighted by molar-refractivity contribution is 6.33. The lowest BCUT2D eigenvalue weighted by molar-refractivity contribution is 0.0696. The number of anilines is 1. The summed E-state index contributed by atoms with van der Waals surface area (Å²) in [7, 11) is 4.08. The standard InChI is InChI=1S/C12H18ClN3O2/c1-16(2)6-4-3-5-14-11-10(13)7-9(8-15-11)12(17)18/h7-8H,3-6H2,1-2H3,(H,14,15)(H,17,18). The van der Waals surface area contributed by atoms with Crippen LogP contribution in [0.2, 0.25) is 5.02 Å². The molecule has 0 saturated carbocycles. The van der Waals surface area contributed by atoms with Gasteiger partial charge < -0.3 is 15.3 Å². The minimum absolute atomic E-state index is 0.0955. The molecule has 0 atom stereocenters. The van der Waals surface area contributed by atoms with Gasteiger partial charge in [0.25, 0.3) is 0 Å². The summed E-state index contributed by atoms with van der Waals surface area (Å²) < 4.78 is 0. The number of nitrogens with one attached hydrogen (secondary N) is 1. The van der Waals surface area contributed by atoms with E-state index in [0.717, 1.165) is 25.9 Å². The predicted octanol–water partition coefficient (Wildman–Crippen LogP) is 2.19. The molecule has 18 heavy (non-hydrogen) atoms. The molecule has 1 aromatic rings. The Kier molecular flexibility index (Phi) is 5.88. The van der Waals surface area contributed by atoms with Gasteiger partial charge in [-0.15, -0.1) is 0 Å². The van der Waals surface area contributed by atoms with Crippen LogP contribution in [0.1, 0.15) is 23.2 Å². The van der Waals surface area contributed by atoms with Gasteiger partial charge in [-0.3, -0.25) is 0 Å². The molecule has 1 heterocycles. The Bertz CT molecular complexity index is 410. The Morgan fingerprint density at radius 2 is 2.22 bits per heavy atom. The van der Waals surface area contributed by atoms with Crippen molar-refractivity contribution in [2.24, 2.45) is 0 Å². The van der Waals surface area contributed by atoms with Gasteiger partial charge in [-0.05, 0) is 39.5 Å². The fraction of sp³-hybridized carbons (Fsp3) is 0.500. The van der Waals surface area contributed by atoms with Crippen molar-refractivity contribution in [1.82, 2.24) is 9.88 Å². The molecular weight excluding hydrogens is 254 g/mol. The van der Waals surface area contributed by atoms with Gasteiger partial charge in [-0.2, -0.15) is 0 Å². The van der Waals surface area contributed by atoms with Crippen LogP contribution < -0.4 is 5.32 Å². The number of rotatable bonds is 7. The molecule has 1 aromatic heterocycles. The maximum atomic E-state index is 10.7. The molecule has 0 aliphatic heterocycles. The molecule has 6 heteroatoms. The molecule has 0 unspecified atom stereocenters. The number of aromatic nitrogens is 1. The number of halogens is 1. The summed E-state index contributed by atoms with van der Waals surface area (Å²) in [5.74, 6) is -0.492. The van der Waals surface area contributed by atoms with Crippen LogP contribution in [0.15, 0.2) is 12.3 Å². The summed E-state index contributed by atoms with van der Waals surface area (Å²) in [5, 5.41) is 12.2. The molecule has 0 bridgehead atoms. The number of aromatic carboxylic acids is 1. The third-order valence-corrected chi connectivity index (χ3v) is 2.70. The molecule has 0 aliphatic carbocycles. The van der Waals surface area contributed by atoms with E-state index in [0.29, 0.717) is 10.8 Å². The summed E-state index contributed by atoms with van der Waals surface area (Å²) in [6.07, 6.45) is 3.40. The van der Waals surface area contributed by atoms with E-state index in [1.54, 1.807) is 0 Å². The number of carboxylic acids is 1. The molecule has 0 amide bonds. The maximum absolute atomic E-state index is 10.7. The third kappa shape index (κ3) is 4.89. The number of hydrogen-bond acceptors (Lipinski definition) is 4. The first-order valence-electron chi connectivity index (χ1n) is 5.78. The summed E-state index contributed by atoms with van der Waals surface area (Å²) >= 11 is 5.94. The third-order valence-electron chi connectivity index (χ3n) is 2.41. The second-order valence-corrected chi connectivity index (χ2v) is 4.70. The van der Waals surface area contributed by atoms with Crippen molar-refractivity contribution >= 4 is 23.4 Å². The fourth-order valence-electron chi connectivity index (χ4n) is 1.44. The minimum atomic E-state index is -1.03. The topological polar surface area (TPSA) is 65.5 Å². The van der Waals surface area contributed by atoms with Gasteiger partial charge in [0, 0.05) is 12.7 Å². The van der Waals surface area contributed by atoms with Crippen LogP contribution in [0, 0.1) is 0 Å². The van der Waals surface area contributed by atoms with Gasteiger partial charge in [0.15, 0.2) is 0 Å². The molecule has 2 N–H and O–H groups in total. The molecular formula is C12H18ClN3O2. The number of unbranched alkanes of at least 4 members (excludes halogenated alkanes) is 1. The number of hydrogen-bond donors (Lipinski definition) is 2. The zero-order valence-electron chi connectivity index (χ0n) is 10.6. The van der Waals surface area contributed by atoms with Gasteiger partial charge in [0.05, 0.1) is 10.6 Å². The highest BCUT2D eigenvalue weighted by Crippen LogP contribution is 2.20. The van der Waals surface area contributed by atoms with Crippen molar-refractivity contribution < 1.29 is 9.90 Å². The largest absolute Gasteiger partial charge is 0.478 e. The molecule has 0 fully saturated rings. The van der Waals surface area contributed by atoms with Crippen LogP contribution in [0.4, 0.5) is 5.82 Å². The summed E-state index contributed by atoms with van der Waals surface area (Å²) in [6.45, 7) is 1.81. The summed E-state index contributed by atoms with van der Waals surface area (Å²) in [5.41, 5.74) is 0.0955. The van der Waals surface area contributed by atoms with Crippen LogP contribution >= 0.6 is 11.6 Å². The molecule has 0 radical (unpaired) electrons. The normalized spacial score (nSPS) is 10.7. The van der Waals surface area contributed by atoms with Crippen molar-refractivity contribution in [3.8, 4) is 0 Å². The van der Waals surface area contributed by atoms with E-state index in [1.807, 2.05) is 14.1 Å². The molecule has 0 aromatic carbocycles. The number of nitrogens with zero attached hydrogens (tertiary/aromatic N) is 2. The van der Waals surface area contributed by atoms with Gasteiger partial charge in [0.2, 0.25) is 0 Å². The first kappa shape index (κ1) is 14.7. The van der Waals surface area contributed by atoms with E-state index in [2.05, 4.69) is 15.2 Å². The quantitative estimate of drug-likeness (QED) is 0.744. The van der Waals surface area contributed by atoms with Crippen molar-refractivity contribution in [3.05, 3.63) is 22.8 Å². The van der Waals surface area contributed by atoms with Crippen LogP contribution in [-0.2, 0) is 0 Å². The second kappa shape index (κ2) is 7.18. The lowest BCUT2D eigenvalue weighted by Gasteiger charge is -2.10. The van der Waals surface area contributed by atoms with E-state index in [9.17, 15) is 4.79 Å². The molecule has 1 rings (SSSR count). The van der Waals surface area contributed by atoms with Gasteiger partial charge in [-0.1, -0.05) is 11.6 Å². The average molecular weight is 272 g/mol. The van der Waals surface area contributed by atoms with Crippen LogP contribution in [0.25, 0.3) is 0 Å². The van der Waals surface area contributed by atoms with Crippen LogP contribution in [0.3, 0.4) is 0 Å². The fourth-order valence-corrected chi connectivity index (χ4v) is 1.68. The number of carbonyl (C=O) groups is 1. The van der Waals surface area contributed by atoms with E-state index in [4.69, 9.17) is 16.7 Å². The monoisotopic (exact) mass is 271 g/mol. The van der Waals surface area contributed by atoms with Gasteiger partial charge in [-0.25, -0.2) is 9.78 Å². The van der Waals surface area contributed by atoms with Gasteiger partial charge >= 0.3 is 5.97 Å². The van der Waals surface area contributed by atoms with Crippen molar-refractivity contribution in [2.45, 2.75) is 12.8 Å². The first-order valence-corrected chi connectivity index (χ1v) is 6.16. The maximum Gasteiger partial charge on any atom is 0.337 e. The summed E-state index contributed by atoms with van der Waals surface area (Å²) in [4.78, 5) is 16.8. The Morgan fingerprint density at radius 1 is 1.50 bits per heavy atom. The van der Waals surface area contributed by atoms with E-state index >= 15 is 0 Å². The van der Waals surface area contributed by atoms with E-state index in [-0.39, 0.29) is 5.56 Å². The van der Waals surface area contributed by atoms with Gasteiger partial charge in [0.1, 0.15) is 5.82 Å². The highest BCUT2D eigenvalue weighted by Gasteiger charge is 2.07. The number of carboxylic acid groups (broad SMARTS) is 1. The molecule has 100 valence electrons. The number of pyridine rings is 1. The zero-order valence-corrected chi connectivity index (χ0v) is 11.4. The zero-order chi connectivity index (χ0) is 13.5. The van der Waals surface area contributed by atoms with E-state index in [1.165, 1.54) is 12.3 Å². The predicted molar refractivity (Wildman–Crippen MR) is 72.5 cm³/mol. The SMILES string of the molecule is CN(C)CCCCNc1ncc(C(=O)O)cc1Cl. The minimum Gasteiger partial charge on any atom is -0.478 e. The highest BCUT2D eigenvalue weighted by atomic mass is 35.5.